The van der Waals surface area contributed by atoms with Gasteiger partial charge in [0.05, 0.1) is 6.61 Å². The topological polar surface area (TPSA) is 52.3 Å². The Morgan fingerprint density at radius 3 is 2.85 bits per heavy atom. The van der Waals surface area contributed by atoms with Gasteiger partial charge in [-0.3, -0.25) is 0 Å². The van der Waals surface area contributed by atoms with E-state index in [0.717, 1.165) is 0 Å². The maximum absolute atomic E-state index is 11.2. The Labute approximate surface area is 76.9 Å². The van der Waals surface area contributed by atoms with E-state index in [4.69, 9.17) is 9.15 Å². The van der Waals surface area contributed by atoms with Crippen LogP contribution in [0, 0.1) is 12.8 Å². The summed E-state index contributed by atoms with van der Waals surface area (Å²) in [5, 5.41) is 0. The first-order chi connectivity index (χ1) is 6.09. The second kappa shape index (κ2) is 4.07. The second-order valence-corrected chi connectivity index (χ2v) is 3.24. The fourth-order valence-corrected chi connectivity index (χ4v) is 0.773. The normalized spacial score (nSPS) is 10.5. The summed E-state index contributed by atoms with van der Waals surface area (Å²) < 4.78 is 9.82. The summed E-state index contributed by atoms with van der Waals surface area (Å²) in [6.45, 7) is 6.03. The van der Waals surface area contributed by atoms with Crippen LogP contribution in [0.25, 0.3) is 0 Å². The molecule has 0 aliphatic carbocycles. The number of carbonyl (C=O) groups excluding carboxylic acids is 1. The van der Waals surface area contributed by atoms with Crippen LogP contribution < -0.4 is 0 Å². The zero-order chi connectivity index (χ0) is 9.84. The molecular formula is C9H13NO3. The first-order valence-corrected chi connectivity index (χ1v) is 4.19. The fourth-order valence-electron chi connectivity index (χ4n) is 0.773. The molecule has 0 aromatic carbocycles. The molecular weight excluding hydrogens is 170 g/mol. The molecule has 0 spiro atoms. The van der Waals surface area contributed by atoms with Gasteiger partial charge in [-0.1, -0.05) is 13.8 Å². The first kappa shape index (κ1) is 9.77. The minimum Gasteiger partial charge on any atom is -0.461 e. The van der Waals surface area contributed by atoms with Crippen LogP contribution in [-0.2, 0) is 4.74 Å². The second-order valence-electron chi connectivity index (χ2n) is 3.24. The molecule has 0 saturated heterocycles. The lowest BCUT2D eigenvalue weighted by Gasteiger charge is -2.04. The van der Waals surface area contributed by atoms with Crippen molar-refractivity contribution in [2.24, 2.45) is 5.92 Å². The van der Waals surface area contributed by atoms with Gasteiger partial charge in [-0.2, -0.15) is 0 Å². The molecule has 0 bridgehead atoms. The zero-order valence-corrected chi connectivity index (χ0v) is 8.03. The quantitative estimate of drug-likeness (QED) is 0.670. The minimum absolute atomic E-state index is 0.234. The Morgan fingerprint density at radius 2 is 2.38 bits per heavy atom. The molecule has 4 nitrogen and oxygen atoms in total. The third-order valence-corrected chi connectivity index (χ3v) is 1.38. The molecule has 1 rings (SSSR count). The molecule has 0 unspecified atom stereocenters. The zero-order valence-electron chi connectivity index (χ0n) is 8.03. The Bertz CT molecular complexity index is 291. The van der Waals surface area contributed by atoms with Crippen LogP contribution in [0.5, 0.6) is 0 Å². The van der Waals surface area contributed by atoms with E-state index in [9.17, 15) is 4.79 Å². The molecule has 0 saturated carbocycles. The molecule has 0 N–H and O–H groups in total. The number of esters is 1. The lowest BCUT2D eigenvalue weighted by Crippen LogP contribution is -2.10. The summed E-state index contributed by atoms with van der Waals surface area (Å²) in [6, 6.07) is 0. The van der Waals surface area contributed by atoms with E-state index in [1.807, 2.05) is 13.8 Å². The van der Waals surface area contributed by atoms with Gasteiger partial charge in [0, 0.05) is 6.92 Å². The molecule has 1 aromatic heterocycles. The van der Waals surface area contributed by atoms with Crippen LogP contribution in [0.4, 0.5) is 0 Å². The smallest absolute Gasteiger partial charge is 0.360 e. The number of rotatable bonds is 3. The van der Waals surface area contributed by atoms with Gasteiger partial charge in [0.2, 0.25) is 0 Å². The van der Waals surface area contributed by atoms with E-state index in [-0.39, 0.29) is 5.69 Å². The van der Waals surface area contributed by atoms with Crippen molar-refractivity contribution in [3.05, 3.63) is 17.8 Å². The molecule has 4 heteroatoms. The maximum atomic E-state index is 11.2. The van der Waals surface area contributed by atoms with Crippen molar-refractivity contribution in [1.29, 1.82) is 0 Å². The van der Waals surface area contributed by atoms with Crippen LogP contribution in [0.15, 0.2) is 10.7 Å². The Morgan fingerprint density at radius 1 is 1.69 bits per heavy atom. The van der Waals surface area contributed by atoms with Gasteiger partial charge in [-0.05, 0) is 5.92 Å². The van der Waals surface area contributed by atoms with Crippen LogP contribution in [-0.4, -0.2) is 17.6 Å². The summed E-state index contributed by atoms with van der Waals surface area (Å²) >= 11 is 0. The Balaban J connectivity index is 2.49. The number of oxazole rings is 1. The lowest BCUT2D eigenvalue weighted by molar-refractivity contribution is 0.0452. The summed E-state index contributed by atoms with van der Waals surface area (Å²) in [5.41, 5.74) is 0.234. The maximum Gasteiger partial charge on any atom is 0.360 e. The van der Waals surface area contributed by atoms with Crippen LogP contribution >= 0.6 is 0 Å². The number of aryl methyl sites for hydroxylation is 1. The van der Waals surface area contributed by atoms with Gasteiger partial charge in [0.1, 0.15) is 6.26 Å². The molecule has 0 aliphatic rings. The monoisotopic (exact) mass is 183 g/mol. The third kappa shape index (κ3) is 2.89. The molecule has 0 amide bonds. The van der Waals surface area contributed by atoms with Crippen molar-refractivity contribution in [3.63, 3.8) is 0 Å². The molecule has 72 valence electrons. The number of carbonyl (C=O) groups is 1. The van der Waals surface area contributed by atoms with Gasteiger partial charge in [-0.15, -0.1) is 0 Å². The van der Waals surface area contributed by atoms with Gasteiger partial charge in [0.15, 0.2) is 11.6 Å². The standard InChI is InChI=1S/C9H13NO3/c1-6(2)4-13-9(11)8-5-12-7(3)10-8/h5-6H,4H2,1-3H3. The van der Waals surface area contributed by atoms with Gasteiger partial charge < -0.3 is 9.15 Å². The molecule has 13 heavy (non-hydrogen) atoms. The van der Waals surface area contributed by atoms with Crippen molar-refractivity contribution in [1.82, 2.24) is 4.98 Å². The highest BCUT2D eigenvalue weighted by Crippen LogP contribution is 2.03. The molecule has 0 aliphatic heterocycles. The van der Waals surface area contributed by atoms with E-state index < -0.39 is 5.97 Å². The van der Waals surface area contributed by atoms with Crippen molar-refractivity contribution in [2.75, 3.05) is 6.61 Å². The minimum atomic E-state index is -0.425. The highest BCUT2D eigenvalue weighted by atomic mass is 16.5. The van der Waals surface area contributed by atoms with E-state index >= 15 is 0 Å². The van der Waals surface area contributed by atoms with Crippen molar-refractivity contribution in [2.45, 2.75) is 20.8 Å². The first-order valence-electron chi connectivity index (χ1n) is 4.19. The molecule has 1 aromatic rings. The van der Waals surface area contributed by atoms with Crippen molar-refractivity contribution in [3.8, 4) is 0 Å². The molecule has 1 heterocycles. The van der Waals surface area contributed by atoms with Gasteiger partial charge in [0.25, 0.3) is 0 Å². The summed E-state index contributed by atoms with van der Waals surface area (Å²) in [7, 11) is 0. The van der Waals surface area contributed by atoms with Gasteiger partial charge >= 0.3 is 5.97 Å². The van der Waals surface area contributed by atoms with Crippen molar-refractivity contribution >= 4 is 5.97 Å². The SMILES string of the molecule is Cc1nc(C(=O)OCC(C)C)co1. The number of nitrogens with zero attached hydrogens (tertiary/aromatic N) is 1. The highest BCUT2D eigenvalue weighted by Gasteiger charge is 2.12. The fraction of sp³-hybridized carbons (Fsp3) is 0.556. The Kier molecular flexibility index (Phi) is 3.06. The van der Waals surface area contributed by atoms with E-state index in [1.165, 1.54) is 6.26 Å². The number of hydrogen-bond acceptors (Lipinski definition) is 4. The predicted molar refractivity (Wildman–Crippen MR) is 46.4 cm³/mol. The summed E-state index contributed by atoms with van der Waals surface area (Å²) in [4.78, 5) is 15.1. The van der Waals surface area contributed by atoms with Gasteiger partial charge in [-0.25, -0.2) is 9.78 Å². The van der Waals surface area contributed by atoms with E-state index in [0.29, 0.717) is 18.4 Å². The van der Waals surface area contributed by atoms with E-state index in [1.54, 1.807) is 6.92 Å². The Hall–Kier alpha value is -1.32. The average molecular weight is 183 g/mol. The van der Waals surface area contributed by atoms with E-state index in [2.05, 4.69) is 4.98 Å². The lowest BCUT2D eigenvalue weighted by atomic mass is 10.2. The van der Waals surface area contributed by atoms with Crippen LogP contribution in [0.1, 0.15) is 30.2 Å². The van der Waals surface area contributed by atoms with Crippen LogP contribution in [0.2, 0.25) is 0 Å². The number of aromatic nitrogens is 1. The largest absolute Gasteiger partial charge is 0.461 e. The number of hydrogen-bond donors (Lipinski definition) is 0. The molecule has 0 radical (unpaired) electrons. The van der Waals surface area contributed by atoms with Crippen LogP contribution in [0.3, 0.4) is 0 Å². The highest BCUT2D eigenvalue weighted by molar-refractivity contribution is 5.86. The average Bonchev–Trinajstić information content (AvgIpc) is 2.47. The summed E-state index contributed by atoms with van der Waals surface area (Å²) in [6.07, 6.45) is 1.30. The third-order valence-electron chi connectivity index (χ3n) is 1.38. The molecule has 0 atom stereocenters. The predicted octanol–water partition coefficient (Wildman–Crippen LogP) is 1.80. The van der Waals surface area contributed by atoms with Crippen molar-refractivity contribution < 1.29 is 13.9 Å². The summed E-state index contributed by atoms with van der Waals surface area (Å²) in [5.74, 6) is 0.374. The molecule has 0 fully saturated rings. The number of ether oxygens (including phenoxy) is 1.